The minimum absolute atomic E-state index is 0.0668. The van der Waals surface area contributed by atoms with E-state index in [1.54, 1.807) is 6.07 Å². The van der Waals surface area contributed by atoms with E-state index in [4.69, 9.17) is 26.8 Å². The third kappa shape index (κ3) is 4.32. The molecular weight excluding hydrogens is 292 g/mol. The number of ether oxygens (including phenoxy) is 2. The molecule has 108 valence electrons. The Kier molecular flexibility index (Phi) is 6.02. The predicted molar refractivity (Wildman–Crippen MR) is 73.7 cm³/mol. The smallest absolute Gasteiger partial charge is 0.244 e. The molecule has 19 heavy (non-hydrogen) atoms. The normalized spacial score (nSPS) is 13.4. The van der Waals surface area contributed by atoms with E-state index < -0.39 is 10.0 Å². The van der Waals surface area contributed by atoms with Crippen LogP contribution in [0.5, 0.6) is 0 Å². The van der Waals surface area contributed by atoms with E-state index in [0.29, 0.717) is 0 Å². The molecule has 1 unspecified atom stereocenters. The lowest BCUT2D eigenvalue weighted by atomic mass is 10.3. The molecule has 6 nitrogen and oxygen atoms in total. The van der Waals surface area contributed by atoms with Crippen LogP contribution >= 0.6 is 11.6 Å². The largest absolute Gasteiger partial charge is 0.398 e. The molecule has 0 bridgehead atoms. The maximum atomic E-state index is 12.1. The van der Waals surface area contributed by atoms with Gasteiger partial charge in [0.05, 0.1) is 23.4 Å². The number of hydrogen-bond donors (Lipinski definition) is 2. The maximum Gasteiger partial charge on any atom is 0.244 e. The monoisotopic (exact) mass is 308 g/mol. The van der Waals surface area contributed by atoms with Crippen LogP contribution in [0.3, 0.4) is 0 Å². The number of halogens is 1. The number of nitrogens with one attached hydrogen (secondary N) is 1. The Labute approximate surface area is 117 Å². The van der Waals surface area contributed by atoms with E-state index in [1.807, 2.05) is 0 Å². The fraction of sp³-hybridized carbons (Fsp3) is 0.455. The van der Waals surface area contributed by atoms with Gasteiger partial charge in [0.1, 0.15) is 4.90 Å². The lowest BCUT2D eigenvalue weighted by Crippen LogP contribution is -2.36. The van der Waals surface area contributed by atoms with Gasteiger partial charge in [0.15, 0.2) is 0 Å². The fourth-order valence-corrected chi connectivity index (χ4v) is 3.22. The number of nitrogens with two attached hydrogens (primary N) is 1. The average molecular weight is 309 g/mol. The highest BCUT2D eigenvalue weighted by molar-refractivity contribution is 7.89. The van der Waals surface area contributed by atoms with Gasteiger partial charge in [-0.15, -0.1) is 0 Å². The first kappa shape index (κ1) is 16.2. The number of sulfonamides is 1. The molecule has 0 heterocycles. The third-order valence-corrected chi connectivity index (χ3v) is 4.42. The first-order valence-electron chi connectivity index (χ1n) is 5.47. The van der Waals surface area contributed by atoms with Gasteiger partial charge in [0, 0.05) is 20.8 Å². The first-order valence-corrected chi connectivity index (χ1v) is 7.34. The molecule has 0 aromatic heterocycles. The number of rotatable bonds is 7. The van der Waals surface area contributed by atoms with Gasteiger partial charge in [-0.3, -0.25) is 0 Å². The van der Waals surface area contributed by atoms with Gasteiger partial charge in [-0.25, -0.2) is 13.1 Å². The highest BCUT2D eigenvalue weighted by atomic mass is 35.5. The highest BCUT2D eigenvalue weighted by Gasteiger charge is 2.22. The summed E-state index contributed by atoms with van der Waals surface area (Å²) in [5.74, 6) is 0. The number of hydrogen-bond acceptors (Lipinski definition) is 5. The summed E-state index contributed by atoms with van der Waals surface area (Å²) in [5.41, 5.74) is 5.74. The quantitative estimate of drug-likeness (QED) is 0.729. The van der Waals surface area contributed by atoms with Crippen LogP contribution in [0.25, 0.3) is 0 Å². The predicted octanol–water partition coefficient (Wildman–Crippen LogP) is 0.862. The molecule has 1 aromatic carbocycles. The van der Waals surface area contributed by atoms with Crippen molar-refractivity contribution in [3.63, 3.8) is 0 Å². The average Bonchev–Trinajstić information content (AvgIpc) is 2.34. The number of nitrogen functional groups attached to an aromatic ring is 1. The minimum Gasteiger partial charge on any atom is -0.398 e. The molecule has 8 heteroatoms. The molecule has 0 radical (unpaired) electrons. The zero-order valence-electron chi connectivity index (χ0n) is 10.7. The van der Waals surface area contributed by atoms with Crippen LogP contribution in [0.1, 0.15) is 0 Å². The molecular formula is C11H17ClN2O4S. The summed E-state index contributed by atoms with van der Waals surface area (Å²) in [7, 11) is -0.807. The van der Waals surface area contributed by atoms with E-state index in [9.17, 15) is 8.42 Å². The lowest BCUT2D eigenvalue weighted by molar-refractivity contribution is 0.0320. The number of benzene rings is 1. The van der Waals surface area contributed by atoms with Crippen molar-refractivity contribution in [2.75, 3.05) is 33.1 Å². The Morgan fingerprint density at radius 1 is 1.42 bits per heavy atom. The van der Waals surface area contributed by atoms with E-state index in [0.717, 1.165) is 0 Å². The second-order valence-corrected chi connectivity index (χ2v) is 5.93. The van der Waals surface area contributed by atoms with Crippen LogP contribution in [0.15, 0.2) is 23.1 Å². The summed E-state index contributed by atoms with van der Waals surface area (Å²) >= 11 is 5.87. The van der Waals surface area contributed by atoms with Gasteiger partial charge in [-0.05, 0) is 12.1 Å². The van der Waals surface area contributed by atoms with Crippen LogP contribution < -0.4 is 10.5 Å². The maximum absolute atomic E-state index is 12.1. The zero-order chi connectivity index (χ0) is 14.5. The van der Waals surface area contributed by atoms with Crippen molar-refractivity contribution in [3.05, 3.63) is 23.2 Å². The van der Waals surface area contributed by atoms with E-state index in [2.05, 4.69) is 4.72 Å². The molecule has 0 saturated carbocycles. The van der Waals surface area contributed by atoms with Gasteiger partial charge in [0.25, 0.3) is 0 Å². The molecule has 0 saturated heterocycles. The minimum atomic E-state index is -3.79. The van der Waals surface area contributed by atoms with E-state index >= 15 is 0 Å². The standard InChI is InChI=1S/C11H17ClN2O4S/c1-17-7-8(18-2)6-14-19(15,16)11-9(12)4-3-5-10(11)13/h3-5,8,14H,6-7,13H2,1-2H3. The Morgan fingerprint density at radius 3 is 2.63 bits per heavy atom. The van der Waals surface area contributed by atoms with Crippen molar-refractivity contribution in [3.8, 4) is 0 Å². The van der Waals surface area contributed by atoms with Crippen molar-refractivity contribution in [1.82, 2.24) is 4.72 Å². The van der Waals surface area contributed by atoms with Gasteiger partial charge >= 0.3 is 0 Å². The number of anilines is 1. The van der Waals surface area contributed by atoms with Crippen LogP contribution in [0, 0.1) is 0 Å². The second-order valence-electron chi connectivity index (χ2n) is 3.82. The third-order valence-electron chi connectivity index (χ3n) is 2.45. The summed E-state index contributed by atoms with van der Waals surface area (Å²) in [6.07, 6.45) is -0.386. The summed E-state index contributed by atoms with van der Waals surface area (Å²) in [6.45, 7) is 0.342. The van der Waals surface area contributed by atoms with Crippen LogP contribution in [-0.2, 0) is 19.5 Å². The van der Waals surface area contributed by atoms with Crippen molar-refractivity contribution >= 4 is 27.3 Å². The van der Waals surface area contributed by atoms with Crippen molar-refractivity contribution < 1.29 is 17.9 Å². The molecule has 3 N–H and O–H groups in total. The molecule has 0 amide bonds. The molecule has 0 spiro atoms. The summed E-state index contributed by atoms with van der Waals surface area (Å²) in [4.78, 5) is -0.121. The number of methoxy groups -OCH3 is 2. The van der Waals surface area contributed by atoms with Crippen LogP contribution in [-0.4, -0.2) is 41.9 Å². The van der Waals surface area contributed by atoms with Gasteiger partial charge in [-0.1, -0.05) is 17.7 Å². The van der Waals surface area contributed by atoms with Gasteiger partial charge in [0.2, 0.25) is 10.0 Å². The Bertz CT molecular complexity index is 501. The highest BCUT2D eigenvalue weighted by Crippen LogP contribution is 2.26. The van der Waals surface area contributed by atoms with Crippen LogP contribution in [0.4, 0.5) is 5.69 Å². The summed E-state index contributed by atoms with van der Waals surface area (Å²) in [5, 5.41) is 0.0770. The van der Waals surface area contributed by atoms with Crippen molar-refractivity contribution in [1.29, 1.82) is 0 Å². The summed E-state index contributed by atoms with van der Waals surface area (Å²) < 4.78 is 36.6. The molecule has 1 atom stereocenters. The van der Waals surface area contributed by atoms with E-state index in [-0.39, 0.29) is 34.9 Å². The van der Waals surface area contributed by atoms with Crippen molar-refractivity contribution in [2.45, 2.75) is 11.0 Å². The van der Waals surface area contributed by atoms with Crippen LogP contribution in [0.2, 0.25) is 5.02 Å². The van der Waals surface area contributed by atoms with E-state index in [1.165, 1.54) is 26.4 Å². The van der Waals surface area contributed by atoms with Gasteiger partial charge in [-0.2, -0.15) is 0 Å². The topological polar surface area (TPSA) is 90.7 Å². The molecule has 0 fully saturated rings. The van der Waals surface area contributed by atoms with Gasteiger partial charge < -0.3 is 15.2 Å². The molecule has 0 aliphatic rings. The zero-order valence-corrected chi connectivity index (χ0v) is 12.3. The Hall–Kier alpha value is -0.860. The second kappa shape index (κ2) is 7.06. The molecule has 0 aliphatic carbocycles. The Morgan fingerprint density at radius 2 is 2.11 bits per heavy atom. The molecule has 0 aliphatic heterocycles. The fourth-order valence-electron chi connectivity index (χ4n) is 1.48. The molecule has 1 aromatic rings. The summed E-state index contributed by atoms with van der Waals surface area (Å²) in [6, 6.07) is 4.53. The van der Waals surface area contributed by atoms with Crippen molar-refractivity contribution in [2.24, 2.45) is 0 Å². The Balaban J connectivity index is 2.87. The first-order chi connectivity index (χ1) is 8.92. The SMILES string of the molecule is COCC(CNS(=O)(=O)c1c(N)cccc1Cl)OC. The lowest BCUT2D eigenvalue weighted by Gasteiger charge is -2.16. The molecule has 1 rings (SSSR count).